The molecule has 1 aliphatic heterocycles. The summed E-state index contributed by atoms with van der Waals surface area (Å²) in [5.74, 6) is 0.248. The highest BCUT2D eigenvalue weighted by molar-refractivity contribution is 7.80. The van der Waals surface area contributed by atoms with Crippen LogP contribution < -0.4 is 25.5 Å². The zero-order valence-corrected chi connectivity index (χ0v) is 20.8. The second-order valence-electron chi connectivity index (χ2n) is 7.64. The number of thiocarbonyl (C=S) groups is 1. The van der Waals surface area contributed by atoms with Crippen LogP contribution in [0, 0.1) is 6.92 Å². The van der Waals surface area contributed by atoms with Crippen molar-refractivity contribution in [3.63, 3.8) is 0 Å². The maximum Gasteiger partial charge on any atom is 0.338 e. The molecule has 184 valence electrons. The molecule has 0 saturated heterocycles. The third-order valence-electron chi connectivity index (χ3n) is 5.19. The maximum absolute atomic E-state index is 12.6. The van der Waals surface area contributed by atoms with E-state index < -0.39 is 17.9 Å². The lowest BCUT2D eigenvalue weighted by Crippen LogP contribution is -2.45. The highest BCUT2D eigenvalue weighted by Crippen LogP contribution is 2.33. The number of amides is 1. The molecule has 3 N–H and O–H groups in total. The first kappa shape index (κ1) is 25.7. The molecule has 0 aliphatic carbocycles. The molecule has 1 atom stereocenters. The van der Waals surface area contributed by atoms with E-state index in [-0.39, 0.29) is 13.2 Å². The van der Waals surface area contributed by atoms with Gasteiger partial charge in [0.15, 0.2) is 11.7 Å². The predicted octanol–water partition coefficient (Wildman–Crippen LogP) is 2.89. The Morgan fingerprint density at radius 2 is 1.94 bits per heavy atom. The van der Waals surface area contributed by atoms with Gasteiger partial charge in [-0.05, 0) is 56.2 Å². The van der Waals surface area contributed by atoms with E-state index in [1.54, 1.807) is 39.2 Å². The van der Waals surface area contributed by atoms with Crippen molar-refractivity contribution in [1.82, 2.24) is 16.1 Å². The Kier molecular flexibility index (Phi) is 8.80. The summed E-state index contributed by atoms with van der Waals surface area (Å²) in [6, 6.07) is 12.1. The van der Waals surface area contributed by atoms with Crippen molar-refractivity contribution >= 4 is 35.4 Å². The number of ether oxygens (including phenoxy) is 3. The van der Waals surface area contributed by atoms with Crippen LogP contribution in [0.1, 0.15) is 36.6 Å². The van der Waals surface area contributed by atoms with Gasteiger partial charge >= 0.3 is 5.97 Å². The van der Waals surface area contributed by atoms with Gasteiger partial charge in [0.1, 0.15) is 11.5 Å². The minimum absolute atomic E-state index is 0.237. The van der Waals surface area contributed by atoms with Gasteiger partial charge in [0.25, 0.3) is 5.91 Å². The summed E-state index contributed by atoms with van der Waals surface area (Å²) in [5.41, 5.74) is 5.84. The molecule has 9 nitrogen and oxygen atoms in total. The van der Waals surface area contributed by atoms with E-state index in [0.29, 0.717) is 27.7 Å². The second kappa shape index (κ2) is 12.0. The Morgan fingerprint density at radius 1 is 1.17 bits per heavy atom. The molecule has 10 heteroatoms. The second-order valence-corrected chi connectivity index (χ2v) is 8.05. The van der Waals surface area contributed by atoms with Gasteiger partial charge in [-0.1, -0.05) is 30.3 Å². The molecule has 0 spiro atoms. The Morgan fingerprint density at radius 3 is 2.69 bits per heavy atom. The van der Waals surface area contributed by atoms with Gasteiger partial charge in [0.2, 0.25) is 0 Å². The number of hydrazone groups is 1. The smallest absolute Gasteiger partial charge is 0.338 e. The summed E-state index contributed by atoms with van der Waals surface area (Å²) in [6.07, 6.45) is 1.52. The molecule has 1 amide bonds. The quantitative estimate of drug-likeness (QED) is 0.210. The van der Waals surface area contributed by atoms with Crippen molar-refractivity contribution in [1.29, 1.82) is 0 Å². The molecule has 0 fully saturated rings. The number of aryl methyl sites for hydroxylation is 1. The van der Waals surface area contributed by atoms with E-state index in [2.05, 4.69) is 21.2 Å². The monoisotopic (exact) mass is 496 g/mol. The summed E-state index contributed by atoms with van der Waals surface area (Å²) >= 11 is 5.29. The molecule has 0 radical (unpaired) electrons. The topological polar surface area (TPSA) is 110 Å². The number of benzene rings is 2. The van der Waals surface area contributed by atoms with Crippen molar-refractivity contribution in [2.24, 2.45) is 5.10 Å². The maximum atomic E-state index is 12.6. The lowest BCUT2D eigenvalue weighted by Gasteiger charge is -2.30. The molecule has 0 saturated carbocycles. The molecule has 2 aromatic rings. The molecule has 1 heterocycles. The first-order valence-corrected chi connectivity index (χ1v) is 11.4. The number of methoxy groups -OCH3 is 1. The van der Waals surface area contributed by atoms with E-state index in [0.717, 1.165) is 16.9 Å². The number of hydrogen-bond acceptors (Lipinski definition) is 7. The number of esters is 1. The van der Waals surface area contributed by atoms with E-state index in [1.807, 2.05) is 31.2 Å². The van der Waals surface area contributed by atoms with Crippen LogP contribution in [0.25, 0.3) is 0 Å². The van der Waals surface area contributed by atoms with Crippen molar-refractivity contribution in [2.75, 3.05) is 20.3 Å². The third kappa shape index (κ3) is 6.57. The Bertz CT molecular complexity index is 1180. The van der Waals surface area contributed by atoms with Gasteiger partial charge in [-0.25, -0.2) is 10.2 Å². The summed E-state index contributed by atoms with van der Waals surface area (Å²) < 4.78 is 16.3. The summed E-state index contributed by atoms with van der Waals surface area (Å²) in [4.78, 5) is 25.0. The average Bonchev–Trinajstić information content (AvgIpc) is 2.83. The number of rotatable bonds is 9. The summed E-state index contributed by atoms with van der Waals surface area (Å²) in [5, 5.41) is 10.4. The van der Waals surface area contributed by atoms with Crippen molar-refractivity contribution in [2.45, 2.75) is 26.8 Å². The van der Waals surface area contributed by atoms with Crippen LogP contribution in [-0.2, 0) is 14.3 Å². The van der Waals surface area contributed by atoms with Crippen LogP contribution >= 0.6 is 12.2 Å². The molecule has 3 rings (SSSR count). The number of para-hydroxylation sites is 1. The predicted molar refractivity (Wildman–Crippen MR) is 136 cm³/mol. The Balaban J connectivity index is 1.70. The van der Waals surface area contributed by atoms with Crippen LogP contribution in [0.15, 0.2) is 58.8 Å². The number of allylic oxidation sites excluding steroid dienone is 1. The van der Waals surface area contributed by atoms with Crippen LogP contribution in [0.5, 0.6) is 11.5 Å². The lowest BCUT2D eigenvalue weighted by molar-refractivity contribution is -0.139. The minimum Gasteiger partial charge on any atom is -0.496 e. The minimum atomic E-state index is -0.600. The van der Waals surface area contributed by atoms with Gasteiger partial charge in [-0.3, -0.25) is 4.79 Å². The highest BCUT2D eigenvalue weighted by atomic mass is 32.1. The Hall–Kier alpha value is -3.92. The van der Waals surface area contributed by atoms with Crippen LogP contribution in [0.2, 0.25) is 0 Å². The van der Waals surface area contributed by atoms with E-state index in [1.165, 1.54) is 6.21 Å². The Labute approximate surface area is 209 Å². The van der Waals surface area contributed by atoms with Crippen molar-refractivity contribution in [3.05, 3.63) is 70.4 Å². The fraction of sp³-hybridized carbons (Fsp3) is 0.280. The normalized spacial score (nSPS) is 15.3. The standard InChI is InChI=1S/C25H28N4O5S/c1-5-33-24(31)22-16(3)27-25(35)28-23(22)18-8-6-7-9-19(18)34-14-21(30)29-26-13-17-11-10-15(2)20(12-17)32-4/h6-13,23H,5,14H2,1-4H3,(H,29,30)(H2,27,28,35)/t23-/m1/s1. The van der Waals surface area contributed by atoms with Gasteiger partial charge in [-0.2, -0.15) is 5.10 Å². The lowest BCUT2D eigenvalue weighted by atomic mass is 9.95. The van der Waals surface area contributed by atoms with E-state index in [4.69, 9.17) is 26.4 Å². The molecule has 0 bridgehead atoms. The third-order valence-corrected chi connectivity index (χ3v) is 5.41. The number of nitrogens with one attached hydrogen (secondary N) is 3. The molecular formula is C25H28N4O5S. The van der Waals surface area contributed by atoms with Gasteiger partial charge < -0.3 is 24.8 Å². The van der Waals surface area contributed by atoms with E-state index in [9.17, 15) is 9.59 Å². The van der Waals surface area contributed by atoms with Crippen molar-refractivity contribution in [3.8, 4) is 11.5 Å². The zero-order chi connectivity index (χ0) is 25.4. The van der Waals surface area contributed by atoms with E-state index >= 15 is 0 Å². The largest absolute Gasteiger partial charge is 0.496 e. The highest BCUT2D eigenvalue weighted by Gasteiger charge is 2.32. The van der Waals surface area contributed by atoms with Crippen LogP contribution in [0.3, 0.4) is 0 Å². The van der Waals surface area contributed by atoms with Crippen molar-refractivity contribution < 1.29 is 23.8 Å². The molecule has 0 aromatic heterocycles. The molecule has 35 heavy (non-hydrogen) atoms. The van der Waals surface area contributed by atoms with Gasteiger partial charge in [0.05, 0.1) is 31.5 Å². The number of hydrogen-bond donors (Lipinski definition) is 3. The SMILES string of the molecule is CCOC(=O)C1=C(C)NC(=S)N[C@@H]1c1ccccc1OCC(=O)NN=Cc1ccc(C)c(OC)c1. The fourth-order valence-electron chi connectivity index (χ4n) is 3.53. The van der Waals surface area contributed by atoms with Gasteiger partial charge in [0, 0.05) is 11.3 Å². The van der Waals surface area contributed by atoms with Gasteiger partial charge in [-0.15, -0.1) is 0 Å². The first-order valence-electron chi connectivity index (χ1n) is 11.0. The number of carbonyl (C=O) groups excluding carboxylic acids is 2. The molecule has 2 aromatic carbocycles. The fourth-order valence-corrected chi connectivity index (χ4v) is 3.80. The number of carbonyl (C=O) groups is 2. The first-order chi connectivity index (χ1) is 16.8. The molecule has 0 unspecified atom stereocenters. The molecule has 1 aliphatic rings. The summed E-state index contributed by atoms with van der Waals surface area (Å²) in [6.45, 7) is 5.39. The zero-order valence-electron chi connectivity index (χ0n) is 20.0. The molecular weight excluding hydrogens is 468 g/mol. The van der Waals surface area contributed by atoms with Crippen LogP contribution in [0.4, 0.5) is 0 Å². The summed E-state index contributed by atoms with van der Waals surface area (Å²) in [7, 11) is 1.60. The number of nitrogens with zero attached hydrogens (tertiary/aromatic N) is 1. The van der Waals surface area contributed by atoms with Crippen LogP contribution in [-0.4, -0.2) is 43.5 Å². The average molecular weight is 497 g/mol.